The number of rotatable bonds is 5. The summed E-state index contributed by atoms with van der Waals surface area (Å²) in [5.74, 6) is -0.375. The average molecular weight is 237 g/mol. The van der Waals surface area contributed by atoms with Gasteiger partial charge in [0.2, 0.25) is 0 Å². The molecule has 1 heterocycles. The van der Waals surface area contributed by atoms with Crippen LogP contribution in [0.5, 0.6) is 0 Å². The molecule has 1 aliphatic heterocycles. The second kappa shape index (κ2) is 5.89. The number of aliphatic carboxylic acids is 1. The summed E-state index contributed by atoms with van der Waals surface area (Å²) in [5, 5.41) is 9.00. The molecule has 17 heavy (non-hydrogen) atoms. The van der Waals surface area contributed by atoms with Gasteiger partial charge < -0.3 is 10.0 Å². The lowest BCUT2D eigenvalue weighted by Crippen LogP contribution is -2.31. The first-order valence-corrected chi connectivity index (χ1v) is 6.31. The van der Waals surface area contributed by atoms with Crippen LogP contribution in [0.4, 0.5) is 0 Å². The molecule has 1 saturated heterocycles. The summed E-state index contributed by atoms with van der Waals surface area (Å²) in [6.45, 7) is 11.1. The molecule has 0 spiro atoms. The van der Waals surface area contributed by atoms with Gasteiger partial charge in [0.05, 0.1) is 0 Å². The van der Waals surface area contributed by atoms with Crippen LogP contribution in [0.3, 0.4) is 0 Å². The number of hydrogen-bond donors (Lipinski definition) is 1. The first-order chi connectivity index (χ1) is 7.97. The minimum Gasteiger partial charge on any atom is -0.478 e. The van der Waals surface area contributed by atoms with Crippen LogP contribution in [0.15, 0.2) is 24.4 Å². The Morgan fingerprint density at radius 3 is 2.59 bits per heavy atom. The maximum atomic E-state index is 11.0. The third-order valence-corrected chi connectivity index (χ3v) is 3.78. The van der Waals surface area contributed by atoms with E-state index in [9.17, 15) is 4.79 Å². The number of carbonyl (C=O) groups is 1. The Morgan fingerprint density at radius 2 is 2.18 bits per heavy atom. The zero-order valence-corrected chi connectivity index (χ0v) is 11.0. The molecule has 0 aromatic rings. The van der Waals surface area contributed by atoms with E-state index >= 15 is 0 Å². The van der Waals surface area contributed by atoms with E-state index in [1.165, 1.54) is 6.08 Å². The molecular weight excluding hydrogens is 214 g/mol. The highest BCUT2D eigenvalue weighted by Crippen LogP contribution is 2.30. The predicted octanol–water partition coefficient (Wildman–Crippen LogP) is 2.90. The fourth-order valence-electron chi connectivity index (χ4n) is 2.39. The number of likely N-dealkylation sites (tertiary alicyclic amines) is 1. The van der Waals surface area contributed by atoms with E-state index in [2.05, 4.69) is 32.3 Å². The molecule has 0 aromatic carbocycles. The molecular formula is C14H23NO2. The molecule has 0 aliphatic carbocycles. The summed E-state index contributed by atoms with van der Waals surface area (Å²) in [5.41, 5.74) is 0.940. The molecule has 1 aliphatic rings. The molecule has 0 radical (unpaired) electrons. The van der Waals surface area contributed by atoms with E-state index in [1.54, 1.807) is 0 Å². The van der Waals surface area contributed by atoms with Crippen LogP contribution in [-0.4, -0.2) is 28.6 Å². The Bertz CT molecular complexity index is 322. The van der Waals surface area contributed by atoms with Crippen molar-refractivity contribution in [1.82, 2.24) is 4.90 Å². The number of allylic oxidation sites excluding steroid dienone is 2. The van der Waals surface area contributed by atoms with Crippen LogP contribution < -0.4 is 0 Å². The van der Waals surface area contributed by atoms with E-state index in [4.69, 9.17) is 5.11 Å². The summed E-state index contributed by atoms with van der Waals surface area (Å²) < 4.78 is 0. The molecule has 0 bridgehead atoms. The minimum absolute atomic E-state index is 0.198. The smallest absolute Gasteiger partial charge is 0.330 e. The number of carboxylic acid groups (broad SMARTS) is 1. The predicted molar refractivity (Wildman–Crippen MR) is 69.6 cm³/mol. The Labute approximate surface area is 104 Å². The highest BCUT2D eigenvalue weighted by Gasteiger charge is 2.27. The Kier molecular flexibility index (Phi) is 4.79. The highest BCUT2D eigenvalue weighted by atomic mass is 16.4. The summed E-state index contributed by atoms with van der Waals surface area (Å²) >= 11 is 0. The fourth-order valence-corrected chi connectivity index (χ4v) is 2.39. The van der Waals surface area contributed by atoms with Crippen molar-refractivity contribution in [1.29, 1.82) is 0 Å². The maximum absolute atomic E-state index is 11.0. The van der Waals surface area contributed by atoms with Gasteiger partial charge in [-0.05, 0) is 25.7 Å². The summed E-state index contributed by atoms with van der Waals surface area (Å²) in [6.07, 6.45) is 5.55. The van der Waals surface area contributed by atoms with Crippen LogP contribution in [0, 0.1) is 11.8 Å². The molecule has 1 fully saturated rings. The van der Waals surface area contributed by atoms with Crippen molar-refractivity contribution in [3.8, 4) is 0 Å². The van der Waals surface area contributed by atoms with Crippen LogP contribution in [0.1, 0.15) is 33.6 Å². The lowest BCUT2D eigenvalue weighted by molar-refractivity contribution is -0.131. The molecule has 96 valence electrons. The van der Waals surface area contributed by atoms with Gasteiger partial charge in [0.25, 0.3) is 0 Å². The first-order valence-electron chi connectivity index (χ1n) is 6.31. The van der Waals surface area contributed by atoms with Gasteiger partial charge in [0.1, 0.15) is 0 Å². The molecule has 0 unspecified atom stereocenters. The van der Waals surface area contributed by atoms with Gasteiger partial charge in [0.15, 0.2) is 0 Å². The van der Waals surface area contributed by atoms with Crippen molar-refractivity contribution in [2.45, 2.75) is 39.7 Å². The zero-order valence-electron chi connectivity index (χ0n) is 11.0. The van der Waals surface area contributed by atoms with Gasteiger partial charge in [-0.3, -0.25) is 0 Å². The standard InChI is InChI=1S/C14H23NO2/c1-5-10(2)12(4)13(9-14(16)17)15-8-6-7-11(15)3/h5,9-12H,1,6-8H2,2-4H3,(H,16,17)/b13-9-/t10-,11-,12-/m1/s1. The Balaban J connectivity index is 2.95. The summed E-state index contributed by atoms with van der Waals surface area (Å²) in [7, 11) is 0. The van der Waals surface area contributed by atoms with Crippen LogP contribution in [-0.2, 0) is 4.79 Å². The van der Waals surface area contributed by atoms with Crippen LogP contribution in [0.25, 0.3) is 0 Å². The third-order valence-electron chi connectivity index (χ3n) is 3.78. The molecule has 0 amide bonds. The van der Waals surface area contributed by atoms with Crippen LogP contribution >= 0.6 is 0 Å². The van der Waals surface area contributed by atoms with E-state index in [1.807, 2.05) is 6.08 Å². The zero-order chi connectivity index (χ0) is 13.0. The summed E-state index contributed by atoms with van der Waals surface area (Å²) in [4.78, 5) is 13.2. The monoisotopic (exact) mass is 237 g/mol. The quantitative estimate of drug-likeness (QED) is 0.590. The van der Waals surface area contributed by atoms with Gasteiger partial charge in [-0.15, -0.1) is 6.58 Å². The largest absolute Gasteiger partial charge is 0.478 e. The normalized spacial score (nSPS) is 24.5. The van der Waals surface area contributed by atoms with Gasteiger partial charge in [-0.25, -0.2) is 4.79 Å². The molecule has 1 N–H and O–H groups in total. The minimum atomic E-state index is -0.859. The van der Waals surface area contributed by atoms with E-state index in [-0.39, 0.29) is 11.8 Å². The lowest BCUT2D eigenvalue weighted by atomic mass is 9.91. The van der Waals surface area contributed by atoms with Crippen molar-refractivity contribution >= 4 is 5.97 Å². The van der Waals surface area contributed by atoms with Gasteiger partial charge in [-0.2, -0.15) is 0 Å². The number of carboxylic acids is 1. The van der Waals surface area contributed by atoms with Crippen molar-refractivity contribution in [2.24, 2.45) is 11.8 Å². The molecule has 0 aromatic heterocycles. The van der Waals surface area contributed by atoms with Crippen molar-refractivity contribution < 1.29 is 9.90 Å². The van der Waals surface area contributed by atoms with E-state index in [0.717, 1.165) is 25.1 Å². The van der Waals surface area contributed by atoms with E-state index in [0.29, 0.717) is 6.04 Å². The number of hydrogen-bond acceptors (Lipinski definition) is 2. The molecule has 3 heteroatoms. The van der Waals surface area contributed by atoms with Crippen molar-refractivity contribution in [2.75, 3.05) is 6.54 Å². The van der Waals surface area contributed by atoms with Gasteiger partial charge in [-0.1, -0.05) is 19.9 Å². The molecule has 0 saturated carbocycles. The molecule has 1 rings (SSSR count). The van der Waals surface area contributed by atoms with Crippen molar-refractivity contribution in [3.05, 3.63) is 24.4 Å². The second-order valence-electron chi connectivity index (χ2n) is 4.98. The highest BCUT2D eigenvalue weighted by molar-refractivity contribution is 5.80. The maximum Gasteiger partial charge on any atom is 0.330 e. The Hall–Kier alpha value is -1.25. The SMILES string of the molecule is C=C[C@@H](C)[C@@H](C)/C(=C/C(=O)O)N1CCC[C@H]1C. The Morgan fingerprint density at radius 1 is 1.53 bits per heavy atom. The van der Waals surface area contributed by atoms with E-state index < -0.39 is 5.97 Å². The second-order valence-corrected chi connectivity index (χ2v) is 4.98. The van der Waals surface area contributed by atoms with Crippen molar-refractivity contribution in [3.63, 3.8) is 0 Å². The molecule has 3 atom stereocenters. The average Bonchev–Trinajstić information content (AvgIpc) is 2.70. The topological polar surface area (TPSA) is 40.5 Å². The third kappa shape index (κ3) is 3.35. The van der Waals surface area contributed by atoms with Crippen LogP contribution in [0.2, 0.25) is 0 Å². The fraction of sp³-hybridized carbons (Fsp3) is 0.643. The lowest BCUT2D eigenvalue weighted by Gasteiger charge is -2.32. The number of nitrogens with zero attached hydrogens (tertiary/aromatic N) is 1. The molecule has 3 nitrogen and oxygen atoms in total. The van der Waals surface area contributed by atoms with Gasteiger partial charge in [0, 0.05) is 30.3 Å². The first kappa shape index (κ1) is 13.8. The summed E-state index contributed by atoms with van der Waals surface area (Å²) in [6, 6.07) is 0.445. The van der Waals surface area contributed by atoms with Gasteiger partial charge >= 0.3 is 5.97 Å².